The van der Waals surface area contributed by atoms with Crippen molar-refractivity contribution in [2.45, 2.75) is 52.1 Å². The Morgan fingerprint density at radius 1 is 1.16 bits per heavy atom. The van der Waals surface area contributed by atoms with E-state index in [0.717, 1.165) is 17.7 Å². The van der Waals surface area contributed by atoms with E-state index < -0.39 is 17.5 Å². The predicted molar refractivity (Wildman–Crippen MR) is 95.7 cm³/mol. The second-order valence-electron chi connectivity index (χ2n) is 7.25. The van der Waals surface area contributed by atoms with Crippen LogP contribution in [0.25, 0.3) is 0 Å². The Balaban J connectivity index is 2.00. The Hall–Kier alpha value is -2.37. The maximum Gasteiger partial charge on any atom is 0.325 e. The highest BCUT2D eigenvalue weighted by atomic mass is 16.2. The largest absolute Gasteiger partial charge is 0.352 e. The van der Waals surface area contributed by atoms with E-state index in [-0.39, 0.29) is 18.5 Å². The van der Waals surface area contributed by atoms with Crippen LogP contribution >= 0.6 is 0 Å². The first kappa shape index (κ1) is 19.0. The number of nitrogens with one attached hydrogen (secondary N) is 2. The van der Waals surface area contributed by atoms with Gasteiger partial charge in [0.1, 0.15) is 12.1 Å². The van der Waals surface area contributed by atoms with Crippen molar-refractivity contribution in [3.63, 3.8) is 0 Å². The third kappa shape index (κ3) is 4.38. The van der Waals surface area contributed by atoms with E-state index in [1.807, 2.05) is 25.1 Å². The average Bonchev–Trinajstić information content (AvgIpc) is 2.78. The molecule has 2 unspecified atom stereocenters. The SMILES string of the molecule is CC(C)CCC(C)NC(=O)CN1C(=O)NC(C)(c2ccccc2)C1=O. The summed E-state index contributed by atoms with van der Waals surface area (Å²) >= 11 is 0. The number of imide groups is 1. The zero-order valence-corrected chi connectivity index (χ0v) is 15.3. The summed E-state index contributed by atoms with van der Waals surface area (Å²) in [6.07, 6.45) is 1.88. The highest BCUT2D eigenvalue weighted by molar-refractivity contribution is 6.09. The van der Waals surface area contributed by atoms with Crippen LogP contribution in [0.2, 0.25) is 0 Å². The van der Waals surface area contributed by atoms with E-state index in [0.29, 0.717) is 11.5 Å². The Morgan fingerprint density at radius 3 is 2.40 bits per heavy atom. The summed E-state index contributed by atoms with van der Waals surface area (Å²) in [4.78, 5) is 38.2. The Kier molecular flexibility index (Phi) is 5.82. The minimum absolute atomic E-state index is 0.0103. The molecule has 1 aromatic rings. The van der Waals surface area contributed by atoms with Crippen LogP contribution in [0.4, 0.5) is 4.79 Å². The molecule has 1 aromatic carbocycles. The fourth-order valence-corrected chi connectivity index (χ4v) is 2.93. The molecular weight excluding hydrogens is 318 g/mol. The van der Waals surface area contributed by atoms with Gasteiger partial charge in [0.05, 0.1) is 0 Å². The van der Waals surface area contributed by atoms with E-state index in [1.54, 1.807) is 19.1 Å². The number of benzene rings is 1. The van der Waals surface area contributed by atoms with Crippen LogP contribution in [0.1, 0.15) is 46.1 Å². The smallest absolute Gasteiger partial charge is 0.325 e. The first-order valence-electron chi connectivity index (χ1n) is 8.73. The molecular formula is C19H27N3O3. The van der Waals surface area contributed by atoms with Crippen molar-refractivity contribution in [3.8, 4) is 0 Å². The van der Waals surface area contributed by atoms with Gasteiger partial charge in [0.15, 0.2) is 0 Å². The maximum atomic E-state index is 12.7. The molecule has 2 atom stereocenters. The molecule has 6 heteroatoms. The predicted octanol–water partition coefficient (Wildman–Crippen LogP) is 2.39. The summed E-state index contributed by atoms with van der Waals surface area (Å²) in [5.41, 5.74) is -0.441. The molecule has 0 bridgehead atoms. The van der Waals surface area contributed by atoms with E-state index >= 15 is 0 Å². The summed E-state index contributed by atoms with van der Waals surface area (Å²) in [6, 6.07) is 8.51. The molecule has 136 valence electrons. The molecule has 2 N–H and O–H groups in total. The highest BCUT2D eigenvalue weighted by Crippen LogP contribution is 2.28. The lowest BCUT2D eigenvalue weighted by molar-refractivity contribution is -0.135. The van der Waals surface area contributed by atoms with Gasteiger partial charge < -0.3 is 10.6 Å². The number of hydrogen-bond acceptors (Lipinski definition) is 3. The zero-order valence-electron chi connectivity index (χ0n) is 15.3. The lowest BCUT2D eigenvalue weighted by Gasteiger charge is -2.22. The highest BCUT2D eigenvalue weighted by Gasteiger charge is 2.49. The van der Waals surface area contributed by atoms with E-state index in [2.05, 4.69) is 24.5 Å². The van der Waals surface area contributed by atoms with Crippen molar-refractivity contribution in [1.29, 1.82) is 0 Å². The van der Waals surface area contributed by atoms with Gasteiger partial charge in [-0.25, -0.2) is 4.79 Å². The normalized spacial score (nSPS) is 21.4. The Morgan fingerprint density at radius 2 is 1.80 bits per heavy atom. The molecule has 0 aromatic heterocycles. The number of carbonyl (C=O) groups excluding carboxylic acids is 3. The van der Waals surface area contributed by atoms with Crippen LogP contribution < -0.4 is 10.6 Å². The molecule has 0 saturated carbocycles. The van der Waals surface area contributed by atoms with E-state index in [1.165, 1.54) is 0 Å². The van der Waals surface area contributed by atoms with Crippen molar-refractivity contribution >= 4 is 17.8 Å². The molecule has 1 heterocycles. The number of carbonyl (C=O) groups is 3. The summed E-state index contributed by atoms with van der Waals surface area (Å²) < 4.78 is 0. The fraction of sp³-hybridized carbons (Fsp3) is 0.526. The fourth-order valence-electron chi connectivity index (χ4n) is 2.93. The molecule has 2 rings (SSSR count). The summed E-state index contributed by atoms with van der Waals surface area (Å²) in [5, 5.41) is 5.56. The third-order valence-corrected chi connectivity index (χ3v) is 4.51. The second-order valence-corrected chi connectivity index (χ2v) is 7.25. The summed E-state index contributed by atoms with van der Waals surface area (Å²) in [7, 11) is 0. The minimum atomic E-state index is -1.14. The van der Waals surface area contributed by atoms with Gasteiger partial charge in [-0.15, -0.1) is 0 Å². The molecule has 1 fully saturated rings. The standard InChI is InChI=1S/C19H27N3O3/c1-13(2)10-11-14(3)20-16(23)12-22-17(24)19(4,21-18(22)25)15-8-6-5-7-9-15/h5-9,13-14H,10-12H2,1-4H3,(H,20,23)(H,21,25). The Bertz CT molecular complexity index is 645. The van der Waals surface area contributed by atoms with Gasteiger partial charge in [-0.1, -0.05) is 44.2 Å². The average molecular weight is 345 g/mol. The maximum absolute atomic E-state index is 12.7. The van der Waals surface area contributed by atoms with Crippen molar-refractivity contribution < 1.29 is 14.4 Å². The van der Waals surface area contributed by atoms with Crippen molar-refractivity contribution in [1.82, 2.24) is 15.5 Å². The van der Waals surface area contributed by atoms with Crippen LogP contribution in [0, 0.1) is 5.92 Å². The monoisotopic (exact) mass is 345 g/mol. The van der Waals surface area contributed by atoms with Crippen LogP contribution in [-0.2, 0) is 15.1 Å². The number of hydrogen-bond donors (Lipinski definition) is 2. The van der Waals surface area contributed by atoms with Gasteiger partial charge in [-0.05, 0) is 38.2 Å². The van der Waals surface area contributed by atoms with Crippen LogP contribution in [0.5, 0.6) is 0 Å². The Labute approximate surface area is 149 Å². The first-order chi connectivity index (χ1) is 11.7. The summed E-state index contributed by atoms with van der Waals surface area (Å²) in [6.45, 7) is 7.59. The lowest BCUT2D eigenvalue weighted by Crippen LogP contribution is -2.45. The van der Waals surface area contributed by atoms with Crippen molar-refractivity contribution in [2.75, 3.05) is 6.54 Å². The second kappa shape index (κ2) is 7.68. The van der Waals surface area contributed by atoms with Crippen LogP contribution in [0.3, 0.4) is 0 Å². The molecule has 4 amide bonds. The first-order valence-corrected chi connectivity index (χ1v) is 8.73. The van der Waals surface area contributed by atoms with Gasteiger partial charge in [0, 0.05) is 6.04 Å². The van der Waals surface area contributed by atoms with E-state index in [9.17, 15) is 14.4 Å². The zero-order chi connectivity index (χ0) is 18.6. The molecule has 1 aliphatic rings. The molecule has 25 heavy (non-hydrogen) atoms. The van der Waals surface area contributed by atoms with Gasteiger partial charge in [0.2, 0.25) is 5.91 Å². The number of amides is 4. The number of urea groups is 1. The molecule has 0 radical (unpaired) electrons. The molecule has 1 saturated heterocycles. The lowest BCUT2D eigenvalue weighted by atomic mass is 9.92. The molecule has 0 spiro atoms. The van der Waals surface area contributed by atoms with E-state index in [4.69, 9.17) is 0 Å². The third-order valence-electron chi connectivity index (χ3n) is 4.51. The molecule has 0 aliphatic carbocycles. The van der Waals surface area contributed by atoms with Crippen LogP contribution in [0.15, 0.2) is 30.3 Å². The van der Waals surface area contributed by atoms with Crippen molar-refractivity contribution in [3.05, 3.63) is 35.9 Å². The van der Waals surface area contributed by atoms with Gasteiger partial charge in [-0.3, -0.25) is 14.5 Å². The van der Waals surface area contributed by atoms with Gasteiger partial charge in [0.25, 0.3) is 5.91 Å². The van der Waals surface area contributed by atoms with Crippen LogP contribution in [-0.4, -0.2) is 35.3 Å². The molecule has 1 aliphatic heterocycles. The number of nitrogens with zero attached hydrogens (tertiary/aromatic N) is 1. The van der Waals surface area contributed by atoms with Gasteiger partial charge in [-0.2, -0.15) is 0 Å². The summed E-state index contributed by atoms with van der Waals surface area (Å²) in [5.74, 6) is -0.164. The van der Waals surface area contributed by atoms with Gasteiger partial charge >= 0.3 is 6.03 Å². The minimum Gasteiger partial charge on any atom is -0.352 e. The topological polar surface area (TPSA) is 78.5 Å². The number of rotatable bonds is 7. The van der Waals surface area contributed by atoms with Crippen molar-refractivity contribution in [2.24, 2.45) is 5.92 Å². The molecule has 6 nitrogen and oxygen atoms in total. The quantitative estimate of drug-likeness (QED) is 0.745.